The van der Waals surface area contributed by atoms with Crippen LogP contribution in [0.25, 0.3) is 0 Å². The first-order chi connectivity index (χ1) is 8.29. The summed E-state index contributed by atoms with van der Waals surface area (Å²) in [6.45, 7) is 0. The van der Waals surface area contributed by atoms with Crippen LogP contribution in [-0.4, -0.2) is 10.2 Å². The first-order valence-corrected chi connectivity index (χ1v) is 7.23. The van der Waals surface area contributed by atoms with Crippen molar-refractivity contribution < 1.29 is 0 Å². The zero-order valence-corrected chi connectivity index (χ0v) is 11.2. The van der Waals surface area contributed by atoms with Gasteiger partial charge in [-0.05, 0) is 25.0 Å². The maximum atomic E-state index is 9.20. The lowest BCUT2D eigenvalue weighted by Crippen LogP contribution is -2.14. The van der Waals surface area contributed by atoms with Crippen LogP contribution in [-0.2, 0) is 0 Å². The van der Waals surface area contributed by atoms with Gasteiger partial charge >= 0.3 is 0 Å². The fourth-order valence-electron chi connectivity index (χ4n) is 2.15. The van der Waals surface area contributed by atoms with Crippen molar-refractivity contribution in [1.29, 1.82) is 5.26 Å². The summed E-state index contributed by atoms with van der Waals surface area (Å²) in [5.41, 5.74) is 0. The van der Waals surface area contributed by atoms with Crippen molar-refractivity contribution in [2.24, 2.45) is 5.92 Å². The van der Waals surface area contributed by atoms with E-state index in [0.29, 0.717) is 10.3 Å². The van der Waals surface area contributed by atoms with Gasteiger partial charge in [0.1, 0.15) is 0 Å². The molecular weight excluding hydrogens is 252 g/mol. The van der Waals surface area contributed by atoms with E-state index in [1.807, 2.05) is 12.1 Å². The van der Waals surface area contributed by atoms with E-state index in [1.165, 1.54) is 19.3 Å². The van der Waals surface area contributed by atoms with Gasteiger partial charge in [0.05, 0.1) is 22.0 Å². The summed E-state index contributed by atoms with van der Waals surface area (Å²) < 4.78 is 0. The molecule has 0 N–H and O–H groups in total. The minimum Gasteiger partial charge on any atom is -0.248 e. The SMILES string of the molecule is N#CC1CCCCCC1Sc1ccc(Cl)cn1. The van der Waals surface area contributed by atoms with E-state index in [1.54, 1.807) is 18.0 Å². The van der Waals surface area contributed by atoms with E-state index in [2.05, 4.69) is 11.1 Å². The van der Waals surface area contributed by atoms with Gasteiger partial charge in [0.2, 0.25) is 0 Å². The summed E-state index contributed by atoms with van der Waals surface area (Å²) >= 11 is 7.54. The lowest BCUT2D eigenvalue weighted by atomic mass is 10.0. The predicted molar refractivity (Wildman–Crippen MR) is 71.1 cm³/mol. The van der Waals surface area contributed by atoms with E-state index in [-0.39, 0.29) is 5.92 Å². The van der Waals surface area contributed by atoms with Crippen LogP contribution in [0.15, 0.2) is 23.4 Å². The third-order valence-corrected chi connectivity index (χ3v) is 4.66. The zero-order chi connectivity index (χ0) is 12.1. The number of hydrogen-bond donors (Lipinski definition) is 0. The average molecular weight is 267 g/mol. The number of rotatable bonds is 2. The van der Waals surface area contributed by atoms with Gasteiger partial charge in [-0.15, -0.1) is 11.8 Å². The van der Waals surface area contributed by atoms with Crippen molar-refractivity contribution in [1.82, 2.24) is 4.98 Å². The van der Waals surface area contributed by atoms with Crippen LogP contribution in [0.2, 0.25) is 5.02 Å². The second-order valence-electron chi connectivity index (χ2n) is 4.34. The molecular formula is C13H15ClN2S. The molecule has 0 spiro atoms. The molecule has 0 amide bonds. The number of thioether (sulfide) groups is 1. The molecule has 0 aromatic carbocycles. The van der Waals surface area contributed by atoms with Crippen molar-refractivity contribution in [2.75, 3.05) is 0 Å². The zero-order valence-electron chi connectivity index (χ0n) is 9.60. The number of nitrogens with zero attached hydrogens (tertiary/aromatic N) is 2. The molecule has 2 rings (SSSR count). The minimum atomic E-state index is 0.167. The molecule has 0 saturated heterocycles. The molecule has 1 fully saturated rings. The number of halogens is 1. The Morgan fingerprint density at radius 1 is 1.29 bits per heavy atom. The molecule has 1 saturated carbocycles. The minimum absolute atomic E-state index is 0.167. The number of pyridine rings is 1. The monoisotopic (exact) mass is 266 g/mol. The normalized spacial score (nSPS) is 24.9. The van der Waals surface area contributed by atoms with Gasteiger partial charge in [0.15, 0.2) is 0 Å². The highest BCUT2D eigenvalue weighted by molar-refractivity contribution is 7.99. The van der Waals surface area contributed by atoms with Crippen LogP contribution in [0.3, 0.4) is 0 Å². The van der Waals surface area contributed by atoms with Gasteiger partial charge in [-0.1, -0.05) is 30.9 Å². The Labute approximate surface area is 111 Å². The third kappa shape index (κ3) is 3.62. The Hall–Kier alpha value is -0.720. The second-order valence-corrected chi connectivity index (χ2v) is 6.04. The number of aromatic nitrogens is 1. The second kappa shape index (κ2) is 6.28. The van der Waals surface area contributed by atoms with Crippen LogP contribution in [0.5, 0.6) is 0 Å². The smallest absolute Gasteiger partial charge is 0.0964 e. The molecule has 1 heterocycles. The Morgan fingerprint density at radius 3 is 2.82 bits per heavy atom. The van der Waals surface area contributed by atoms with Gasteiger partial charge in [-0.3, -0.25) is 0 Å². The lowest BCUT2D eigenvalue weighted by Gasteiger charge is -2.17. The molecule has 1 aliphatic carbocycles. The Kier molecular flexibility index (Phi) is 4.70. The molecule has 1 aliphatic rings. The van der Waals surface area contributed by atoms with Crippen LogP contribution in [0.4, 0.5) is 0 Å². The molecule has 2 unspecified atom stereocenters. The van der Waals surface area contributed by atoms with Gasteiger partial charge in [-0.25, -0.2) is 4.98 Å². The molecule has 2 atom stereocenters. The van der Waals surface area contributed by atoms with Gasteiger partial charge in [0, 0.05) is 11.4 Å². The summed E-state index contributed by atoms with van der Waals surface area (Å²) in [6, 6.07) is 6.24. The Balaban J connectivity index is 2.05. The summed E-state index contributed by atoms with van der Waals surface area (Å²) in [6.07, 6.45) is 7.48. The predicted octanol–water partition coefficient (Wildman–Crippen LogP) is 4.30. The highest BCUT2D eigenvalue weighted by Gasteiger charge is 2.24. The molecule has 1 aromatic heterocycles. The molecule has 4 heteroatoms. The van der Waals surface area contributed by atoms with E-state index in [9.17, 15) is 5.26 Å². The standard InChI is InChI=1S/C13H15ClN2S/c14-11-6-7-13(16-9-11)17-12-5-3-1-2-4-10(12)8-15/h6-7,9-10,12H,1-5H2. The molecule has 2 nitrogen and oxygen atoms in total. The van der Waals surface area contributed by atoms with Gasteiger partial charge in [-0.2, -0.15) is 5.26 Å². The van der Waals surface area contributed by atoms with E-state index < -0.39 is 0 Å². The first kappa shape index (κ1) is 12.7. The Morgan fingerprint density at radius 2 is 2.12 bits per heavy atom. The molecule has 0 bridgehead atoms. The highest BCUT2D eigenvalue weighted by Crippen LogP contribution is 2.35. The largest absolute Gasteiger partial charge is 0.248 e. The van der Waals surface area contributed by atoms with E-state index in [0.717, 1.165) is 17.9 Å². The van der Waals surface area contributed by atoms with E-state index in [4.69, 9.17) is 11.6 Å². The Bertz CT molecular complexity index is 399. The van der Waals surface area contributed by atoms with Crippen molar-refractivity contribution >= 4 is 23.4 Å². The highest BCUT2D eigenvalue weighted by atomic mass is 35.5. The van der Waals surface area contributed by atoms with Crippen LogP contribution in [0.1, 0.15) is 32.1 Å². The molecule has 90 valence electrons. The van der Waals surface area contributed by atoms with Crippen LogP contribution < -0.4 is 0 Å². The maximum absolute atomic E-state index is 9.20. The van der Waals surface area contributed by atoms with Crippen molar-refractivity contribution in [2.45, 2.75) is 42.4 Å². The summed E-state index contributed by atoms with van der Waals surface area (Å²) in [5.74, 6) is 0.167. The molecule has 1 aromatic rings. The quantitative estimate of drug-likeness (QED) is 0.749. The van der Waals surface area contributed by atoms with Crippen molar-refractivity contribution in [3.05, 3.63) is 23.4 Å². The van der Waals surface area contributed by atoms with Crippen molar-refractivity contribution in [3.63, 3.8) is 0 Å². The number of nitriles is 1. The first-order valence-electron chi connectivity index (χ1n) is 5.97. The summed E-state index contributed by atoms with van der Waals surface area (Å²) in [5, 5.41) is 11.2. The van der Waals surface area contributed by atoms with Gasteiger partial charge in [0.25, 0.3) is 0 Å². The van der Waals surface area contributed by atoms with Crippen LogP contribution >= 0.6 is 23.4 Å². The maximum Gasteiger partial charge on any atom is 0.0964 e. The van der Waals surface area contributed by atoms with E-state index >= 15 is 0 Å². The summed E-state index contributed by atoms with van der Waals surface area (Å²) in [4.78, 5) is 4.29. The van der Waals surface area contributed by atoms with Crippen molar-refractivity contribution in [3.8, 4) is 6.07 Å². The fourth-order valence-corrected chi connectivity index (χ4v) is 3.48. The summed E-state index contributed by atoms with van der Waals surface area (Å²) in [7, 11) is 0. The average Bonchev–Trinajstić information content (AvgIpc) is 2.57. The lowest BCUT2D eigenvalue weighted by molar-refractivity contribution is 0.584. The van der Waals surface area contributed by atoms with Crippen LogP contribution in [0, 0.1) is 17.2 Å². The molecule has 17 heavy (non-hydrogen) atoms. The molecule has 0 radical (unpaired) electrons. The fraction of sp³-hybridized carbons (Fsp3) is 0.538. The van der Waals surface area contributed by atoms with Gasteiger partial charge < -0.3 is 0 Å². The number of hydrogen-bond acceptors (Lipinski definition) is 3. The molecule has 0 aliphatic heterocycles. The third-order valence-electron chi connectivity index (χ3n) is 3.09. The topological polar surface area (TPSA) is 36.7 Å².